The van der Waals surface area contributed by atoms with Gasteiger partial charge in [0.15, 0.2) is 23.8 Å². The van der Waals surface area contributed by atoms with Crippen LogP contribution in [-0.2, 0) is 95.9 Å². The summed E-state index contributed by atoms with van der Waals surface area (Å²) in [5, 5.41) is 120. The second-order valence-electron chi connectivity index (χ2n) is 26.5. The molecule has 16 atom stereocenters. The molecule has 15 amide bonds. The molecular weight excluding hydrogens is 1560 g/mol. The van der Waals surface area contributed by atoms with Gasteiger partial charge in [0, 0.05) is 26.2 Å². The lowest BCUT2D eigenvalue weighted by Crippen LogP contribution is -2.60. The van der Waals surface area contributed by atoms with E-state index in [0.717, 1.165) is 48.5 Å². The average molecular weight is 1670 g/mol. The number of carbonyl (C=O) groups is 20. The standard InChI is InChI=1S/C64H110N28O25/c1-25(78-52(108)33(65)13-9-17-74-61(66)67)48(104)89-37(21-41(93)94)56(112)82-26(2)45(101)86-34(14-10-18-75-62(68)69)53(109)79-29(5)49(105)90-38(22-42(95)96)57(113)83-27(3)46(102)87-35(15-11-19-76-63(70)71)54(110)80-30(6)50(106)91-39(23-43(97)98)58(114)84-28(4)47(103)88-36(16-12-20-77-64(72)73)55(111)81-31(7)51(107)92-40(24-44(99)100)59(115)85-32(8)60(116)117/h25-40H,9-24,65H2,1-8H3,(H,78,108)(H,79,109)(H,80,110)(H,81,111)(H,82,112)(H,83,113)(H,84,114)(H,85,115)(H,86,101)(H,87,102)(H,88,103)(H,89,104)(H,90,105)(H,91,106)(H,92,107)(H,93,94)(H,95,96)(H,97,98)(H,99,100)(H,116,117)(H4,66,67,74)(H4,68,69,75)(H4,70,71,76)(H4,72,73,77)/t25-,26-,27-,28-,29-,30-,31-,32-,33-,34-,35-,36-,37-,38-,39-,40-/m0/s1. The third-order valence-corrected chi connectivity index (χ3v) is 16.2. The summed E-state index contributed by atoms with van der Waals surface area (Å²) in [6.07, 6.45) is -4.94. The summed E-state index contributed by atoms with van der Waals surface area (Å²) in [6.45, 7) is 8.73. The predicted molar refractivity (Wildman–Crippen MR) is 406 cm³/mol. The third-order valence-electron chi connectivity index (χ3n) is 16.2. The van der Waals surface area contributed by atoms with E-state index in [9.17, 15) is 116 Å². The lowest BCUT2D eigenvalue weighted by atomic mass is 10.1. The Morgan fingerprint density at radius 2 is 0.402 bits per heavy atom. The molecule has 0 bridgehead atoms. The maximum absolute atomic E-state index is 13.9. The Hall–Kier alpha value is -13.6. The van der Waals surface area contributed by atoms with E-state index in [1.54, 1.807) is 0 Å². The molecule has 656 valence electrons. The number of nitrogens with one attached hydrogen (secondary N) is 23. The lowest BCUT2D eigenvalue weighted by molar-refractivity contribution is -0.143. The monoisotopic (exact) mass is 1670 g/mol. The van der Waals surface area contributed by atoms with E-state index < -0.39 is 259 Å². The van der Waals surface area contributed by atoms with Crippen LogP contribution in [0.15, 0.2) is 0 Å². The smallest absolute Gasteiger partial charge is 0.325 e. The highest BCUT2D eigenvalue weighted by Gasteiger charge is 2.37. The van der Waals surface area contributed by atoms with Gasteiger partial charge in [0.2, 0.25) is 88.6 Å². The van der Waals surface area contributed by atoms with Crippen molar-refractivity contribution in [1.29, 1.82) is 21.6 Å². The second-order valence-corrected chi connectivity index (χ2v) is 26.5. The van der Waals surface area contributed by atoms with Gasteiger partial charge in [0.1, 0.15) is 90.6 Å². The third kappa shape index (κ3) is 43.3. The molecule has 38 N–H and O–H groups in total. The summed E-state index contributed by atoms with van der Waals surface area (Å²) < 4.78 is 0. The minimum atomic E-state index is -2.03. The van der Waals surface area contributed by atoms with Gasteiger partial charge in [-0.05, 0) is 107 Å². The maximum atomic E-state index is 13.9. The molecule has 0 aliphatic rings. The van der Waals surface area contributed by atoms with Gasteiger partial charge in [-0.1, -0.05) is 0 Å². The van der Waals surface area contributed by atoms with Crippen LogP contribution in [0.3, 0.4) is 0 Å². The van der Waals surface area contributed by atoms with Gasteiger partial charge in [0.25, 0.3) is 0 Å². The molecule has 117 heavy (non-hydrogen) atoms. The fourth-order valence-electron chi connectivity index (χ4n) is 9.72. The molecule has 53 heteroatoms. The van der Waals surface area contributed by atoms with Crippen molar-refractivity contribution in [3.63, 3.8) is 0 Å². The largest absolute Gasteiger partial charge is 0.481 e. The predicted octanol–water partition coefficient (Wildman–Crippen LogP) is -13.2. The first kappa shape index (κ1) is 103. The van der Waals surface area contributed by atoms with Crippen molar-refractivity contribution in [2.24, 2.45) is 28.7 Å². The van der Waals surface area contributed by atoms with Crippen LogP contribution in [0.4, 0.5) is 0 Å². The highest BCUT2D eigenvalue weighted by Crippen LogP contribution is 2.09. The molecular formula is C64H110N28O25. The first-order chi connectivity index (χ1) is 54.4. The van der Waals surface area contributed by atoms with Crippen LogP contribution in [0.5, 0.6) is 0 Å². The first-order valence-electron chi connectivity index (χ1n) is 36.1. The van der Waals surface area contributed by atoms with Crippen LogP contribution in [0.25, 0.3) is 0 Å². The Morgan fingerprint density at radius 1 is 0.239 bits per heavy atom. The highest BCUT2D eigenvalue weighted by atomic mass is 16.4. The number of carboxylic acid groups (broad SMARTS) is 5. The highest BCUT2D eigenvalue weighted by molar-refractivity contribution is 6.02. The zero-order valence-corrected chi connectivity index (χ0v) is 65.3. The van der Waals surface area contributed by atoms with Crippen molar-refractivity contribution in [3.8, 4) is 0 Å². The molecule has 0 unspecified atom stereocenters. The first-order valence-corrected chi connectivity index (χ1v) is 36.1. The van der Waals surface area contributed by atoms with E-state index in [2.05, 4.69) is 95.7 Å². The molecule has 0 aliphatic heterocycles. The van der Waals surface area contributed by atoms with Crippen LogP contribution in [0.1, 0.15) is 132 Å². The zero-order chi connectivity index (χ0) is 89.8. The molecule has 0 rings (SSSR count). The molecule has 0 fully saturated rings. The molecule has 0 heterocycles. The van der Waals surface area contributed by atoms with Crippen molar-refractivity contribution in [1.82, 2.24) is 101 Å². The summed E-state index contributed by atoms with van der Waals surface area (Å²) in [5.41, 5.74) is 27.2. The SMILES string of the molecule is C[C@H](NC(=O)[C@H](CC(=O)O)NC(=O)[C@H](C)NC(=O)[C@H](CCCNC(=N)N)NC(=O)[C@H](C)NC(=O)[C@H](CC(=O)O)NC(=O)[C@H](C)NC(=O)[C@H](CCCNC(=N)N)NC(=O)[C@H](C)NC(=O)[C@H](CC(=O)O)NC(=O)[C@H](C)NC(=O)[C@H](CCCNC(=N)N)NC(=O)[C@H](C)NC(=O)[C@H](CC(=O)O)NC(=O)[C@H](C)NC(=O)[C@@H](N)CCCNC(=N)N)C(=O)O. The number of carbonyl (C=O) groups excluding carboxylic acids is 15. The number of rotatable bonds is 55. The number of guanidine groups is 4. The normalized spacial score (nSPS) is 14.8. The number of hydrogen-bond donors (Lipinski definition) is 33. The van der Waals surface area contributed by atoms with Gasteiger partial charge >= 0.3 is 29.8 Å². The number of carboxylic acids is 5. The molecule has 0 aliphatic carbocycles. The molecule has 0 spiro atoms. The minimum absolute atomic E-state index is 0.00822. The number of aliphatic carboxylic acids is 5. The van der Waals surface area contributed by atoms with Crippen molar-refractivity contribution < 1.29 is 121 Å². The molecule has 53 nitrogen and oxygen atoms in total. The maximum Gasteiger partial charge on any atom is 0.325 e. The number of amides is 15. The van der Waals surface area contributed by atoms with Crippen LogP contribution in [0.2, 0.25) is 0 Å². The van der Waals surface area contributed by atoms with Gasteiger partial charge in [-0.25, -0.2) is 0 Å². The Balaban J connectivity index is 6.51. The van der Waals surface area contributed by atoms with Crippen molar-refractivity contribution in [3.05, 3.63) is 0 Å². The van der Waals surface area contributed by atoms with Gasteiger partial charge in [-0.2, -0.15) is 0 Å². The van der Waals surface area contributed by atoms with Crippen molar-refractivity contribution in [2.45, 2.75) is 229 Å². The zero-order valence-electron chi connectivity index (χ0n) is 65.3. The molecule has 0 aromatic heterocycles. The van der Waals surface area contributed by atoms with E-state index in [1.807, 2.05) is 5.32 Å². The summed E-state index contributed by atoms with van der Waals surface area (Å²) in [5.74, 6) is -27.0. The Bertz CT molecular complexity index is 3630. The van der Waals surface area contributed by atoms with E-state index in [-0.39, 0.29) is 77.1 Å². The lowest BCUT2D eigenvalue weighted by Gasteiger charge is -2.26. The Labute approximate surface area is 668 Å². The van der Waals surface area contributed by atoms with Crippen LogP contribution >= 0.6 is 0 Å². The van der Waals surface area contributed by atoms with Gasteiger partial charge in [0.05, 0.1) is 31.7 Å². The van der Waals surface area contributed by atoms with Crippen molar-refractivity contribution >= 4 is 142 Å². The average Bonchev–Trinajstić information content (AvgIpc) is 0.869. The van der Waals surface area contributed by atoms with E-state index >= 15 is 0 Å². The van der Waals surface area contributed by atoms with E-state index in [0.29, 0.717) is 6.42 Å². The molecule has 0 radical (unpaired) electrons. The summed E-state index contributed by atoms with van der Waals surface area (Å²) in [4.78, 5) is 261. The van der Waals surface area contributed by atoms with E-state index in [4.69, 9.17) is 55.4 Å². The van der Waals surface area contributed by atoms with Gasteiger partial charge in [-0.3, -0.25) is 118 Å². The Kier molecular flexibility index (Phi) is 46.6. The van der Waals surface area contributed by atoms with Crippen LogP contribution in [0, 0.1) is 21.6 Å². The summed E-state index contributed by atoms with van der Waals surface area (Å²) in [7, 11) is 0. The fourth-order valence-corrected chi connectivity index (χ4v) is 9.72. The van der Waals surface area contributed by atoms with Crippen molar-refractivity contribution in [2.75, 3.05) is 26.2 Å². The van der Waals surface area contributed by atoms with Crippen LogP contribution in [-0.4, -0.2) is 291 Å². The fraction of sp³-hybridized carbons (Fsp3) is 0.625. The number of nitrogens with two attached hydrogens (primary N) is 5. The van der Waals surface area contributed by atoms with Gasteiger partial charge < -0.3 is 155 Å². The van der Waals surface area contributed by atoms with E-state index in [1.165, 1.54) is 6.92 Å². The molecule has 0 saturated carbocycles. The minimum Gasteiger partial charge on any atom is -0.481 e. The van der Waals surface area contributed by atoms with Gasteiger partial charge in [-0.15, -0.1) is 0 Å². The molecule has 0 saturated heterocycles. The van der Waals surface area contributed by atoms with Crippen LogP contribution < -0.4 is 130 Å². The number of hydrogen-bond acceptors (Lipinski definition) is 25. The molecule has 0 aromatic carbocycles. The topological polar surface area (TPSA) is 897 Å². The Morgan fingerprint density at radius 3 is 0.581 bits per heavy atom. The summed E-state index contributed by atoms with van der Waals surface area (Å²) in [6, 6.07) is -26.5. The summed E-state index contributed by atoms with van der Waals surface area (Å²) >= 11 is 0. The quantitative estimate of drug-likeness (QED) is 0.0153. The second kappa shape index (κ2) is 52.7. The molecule has 0 aromatic rings.